The van der Waals surface area contributed by atoms with Crippen LogP contribution in [0.15, 0.2) is 59.5 Å². The summed E-state index contributed by atoms with van der Waals surface area (Å²) in [7, 11) is 0. The molecule has 2 aromatic carbocycles. The largest absolute Gasteiger partial charge is 0.366 e. The predicted molar refractivity (Wildman–Crippen MR) is 174 cm³/mol. The lowest BCUT2D eigenvalue weighted by atomic mass is 9.68. The fourth-order valence-corrected chi connectivity index (χ4v) is 7.01. The van der Waals surface area contributed by atoms with E-state index >= 15 is 4.39 Å². The van der Waals surface area contributed by atoms with Gasteiger partial charge in [0.05, 0.1) is 11.3 Å². The van der Waals surface area contributed by atoms with Crippen LogP contribution in [0.1, 0.15) is 69.1 Å². The summed E-state index contributed by atoms with van der Waals surface area (Å²) in [6.07, 6.45) is 1.69. The highest BCUT2D eigenvalue weighted by atomic mass is 19.1. The Morgan fingerprint density at radius 1 is 1.07 bits per heavy atom. The molecule has 3 heterocycles. The van der Waals surface area contributed by atoms with E-state index in [0.29, 0.717) is 29.9 Å². The van der Waals surface area contributed by atoms with Crippen LogP contribution in [-0.4, -0.2) is 51.3 Å². The van der Waals surface area contributed by atoms with Gasteiger partial charge < -0.3 is 15.5 Å². The number of nitrogens with zero attached hydrogens (tertiary/aromatic N) is 4. The molecule has 2 aromatic heterocycles. The highest BCUT2D eigenvalue weighted by molar-refractivity contribution is 6.00. The fraction of sp³-hybridized carbons (Fsp3) is 0.400. The predicted octanol–water partition coefficient (Wildman–Crippen LogP) is 5.34. The number of hydrogen-bond acceptors (Lipinski definition) is 8. The Bertz CT molecular complexity index is 1870. The lowest BCUT2D eigenvalue weighted by Gasteiger charge is -2.40. The van der Waals surface area contributed by atoms with Crippen molar-refractivity contribution in [3.8, 4) is 0 Å². The normalized spacial score (nSPS) is 21.2. The van der Waals surface area contributed by atoms with Gasteiger partial charge >= 0.3 is 0 Å². The van der Waals surface area contributed by atoms with Crippen LogP contribution in [0, 0.1) is 11.7 Å². The van der Waals surface area contributed by atoms with Gasteiger partial charge in [0, 0.05) is 60.2 Å². The number of fused-ring (bicyclic) bond motifs is 2. The van der Waals surface area contributed by atoms with E-state index in [4.69, 9.17) is 4.98 Å². The lowest BCUT2D eigenvalue weighted by molar-refractivity contribution is -0.124. The number of rotatable bonds is 6. The Morgan fingerprint density at radius 3 is 2.47 bits per heavy atom. The van der Waals surface area contributed by atoms with E-state index in [1.165, 1.54) is 22.9 Å². The van der Waals surface area contributed by atoms with Crippen LogP contribution < -0.4 is 21.1 Å². The number of anilines is 3. The molecule has 2 N–H and O–H groups in total. The zero-order chi connectivity index (χ0) is 32.2. The van der Waals surface area contributed by atoms with Crippen molar-refractivity contribution < 1.29 is 14.0 Å². The molecule has 6 rings (SSSR count). The van der Waals surface area contributed by atoms with Gasteiger partial charge in [-0.2, -0.15) is 4.98 Å². The standard InChI is InChI=1S/C35H39FN6O3/c1-19(2)30(44)25-13-23-16-37-34(39-24-11-12-28(27(36)15-24)41-17-20(3)38-21(4)18-41)40-32(23)42(33(25)45)31-29(43)14-22-9-7-8-10-26(22)35(31,5)6/h7-13,15-16,19-21,31,38H,14,17-18H2,1-6H3,(H,37,39,40)/t20-,21+,31?. The third-order valence-corrected chi connectivity index (χ3v) is 8.99. The molecule has 10 heteroatoms. The quantitative estimate of drug-likeness (QED) is 0.282. The molecule has 234 valence electrons. The van der Waals surface area contributed by atoms with Crippen molar-refractivity contribution in [2.75, 3.05) is 23.3 Å². The molecule has 3 atom stereocenters. The molecule has 1 fully saturated rings. The Kier molecular flexibility index (Phi) is 7.81. The first-order chi connectivity index (χ1) is 21.3. The Hall–Kier alpha value is -4.44. The molecule has 4 aromatic rings. The average molecular weight is 611 g/mol. The van der Waals surface area contributed by atoms with Crippen molar-refractivity contribution in [3.05, 3.63) is 87.6 Å². The van der Waals surface area contributed by atoms with Gasteiger partial charge in [0.2, 0.25) is 5.95 Å². The molecule has 1 aliphatic heterocycles. The number of piperazine rings is 1. The number of aromatic nitrogens is 3. The van der Waals surface area contributed by atoms with E-state index in [0.717, 1.165) is 11.1 Å². The van der Waals surface area contributed by atoms with Gasteiger partial charge in [-0.1, -0.05) is 52.0 Å². The van der Waals surface area contributed by atoms with E-state index in [1.807, 2.05) is 43.0 Å². The molecule has 1 saturated heterocycles. The van der Waals surface area contributed by atoms with Gasteiger partial charge in [0.1, 0.15) is 17.5 Å². The van der Waals surface area contributed by atoms with Gasteiger partial charge in [0.25, 0.3) is 5.56 Å². The van der Waals surface area contributed by atoms with E-state index in [9.17, 15) is 14.4 Å². The molecular formula is C35H39FN6O3. The summed E-state index contributed by atoms with van der Waals surface area (Å²) < 4.78 is 16.8. The number of carbonyl (C=O) groups excluding carboxylic acids is 2. The molecule has 0 amide bonds. The summed E-state index contributed by atoms with van der Waals surface area (Å²) in [5.41, 5.74) is 1.73. The second-order valence-electron chi connectivity index (χ2n) is 13.3. The minimum Gasteiger partial charge on any atom is -0.366 e. The monoisotopic (exact) mass is 610 g/mol. The van der Waals surface area contributed by atoms with E-state index in [2.05, 4.69) is 29.5 Å². The van der Waals surface area contributed by atoms with E-state index in [-0.39, 0.29) is 53.0 Å². The molecule has 0 saturated carbocycles. The highest BCUT2D eigenvalue weighted by Crippen LogP contribution is 2.43. The van der Waals surface area contributed by atoms with Crippen LogP contribution in [0.4, 0.5) is 21.7 Å². The number of hydrogen-bond donors (Lipinski definition) is 2. The smallest absolute Gasteiger partial charge is 0.263 e. The van der Waals surface area contributed by atoms with Gasteiger partial charge in [-0.05, 0) is 49.2 Å². The maximum atomic E-state index is 15.4. The highest BCUT2D eigenvalue weighted by Gasteiger charge is 2.44. The fourth-order valence-electron chi connectivity index (χ4n) is 7.01. The van der Waals surface area contributed by atoms with Crippen LogP contribution in [0.5, 0.6) is 0 Å². The average Bonchev–Trinajstić information content (AvgIpc) is 2.97. The Labute approximate surface area is 261 Å². The zero-order valence-electron chi connectivity index (χ0n) is 26.5. The first kappa shape index (κ1) is 30.6. The van der Waals surface area contributed by atoms with E-state index < -0.39 is 22.9 Å². The number of benzene rings is 2. The minimum absolute atomic E-state index is 0.00141. The molecule has 9 nitrogen and oxygen atoms in total. The van der Waals surface area contributed by atoms with Crippen molar-refractivity contribution in [3.63, 3.8) is 0 Å². The molecule has 1 aliphatic carbocycles. The Balaban J connectivity index is 1.44. The molecule has 0 spiro atoms. The third kappa shape index (κ3) is 5.52. The number of Topliss-reactive ketones (excluding diaryl/α,β-unsaturated/α-hetero) is 2. The SMILES string of the molecule is CC(C)C(=O)c1cc2cnc(Nc3ccc(N4C[C@@H](C)N[C@@H](C)C4)c(F)c3)nc2n(C2C(=O)Cc3ccccc3C2(C)C)c1=O. The number of pyridine rings is 1. The summed E-state index contributed by atoms with van der Waals surface area (Å²) >= 11 is 0. The van der Waals surface area contributed by atoms with Crippen molar-refractivity contribution in [1.82, 2.24) is 19.9 Å². The molecule has 0 radical (unpaired) electrons. The second kappa shape index (κ2) is 11.5. The summed E-state index contributed by atoms with van der Waals surface area (Å²) in [6, 6.07) is 13.7. The van der Waals surface area contributed by atoms with E-state index in [1.54, 1.807) is 26.0 Å². The van der Waals surface area contributed by atoms with Crippen molar-refractivity contribution in [2.24, 2.45) is 5.92 Å². The maximum absolute atomic E-state index is 15.4. The molecular weight excluding hydrogens is 571 g/mol. The first-order valence-corrected chi connectivity index (χ1v) is 15.5. The van der Waals surface area contributed by atoms with Crippen LogP contribution >= 0.6 is 0 Å². The van der Waals surface area contributed by atoms with Crippen molar-refractivity contribution >= 4 is 39.9 Å². The van der Waals surface area contributed by atoms with Crippen molar-refractivity contribution in [2.45, 2.75) is 71.5 Å². The van der Waals surface area contributed by atoms with Gasteiger partial charge in [-0.25, -0.2) is 9.37 Å². The van der Waals surface area contributed by atoms with Crippen LogP contribution in [0.25, 0.3) is 11.0 Å². The number of nitrogens with one attached hydrogen (secondary N) is 2. The van der Waals surface area contributed by atoms with Gasteiger partial charge in [-0.3, -0.25) is 19.0 Å². The minimum atomic E-state index is -0.911. The number of ketones is 2. The topological polar surface area (TPSA) is 109 Å². The molecule has 0 bridgehead atoms. The number of halogens is 1. The van der Waals surface area contributed by atoms with Crippen LogP contribution in [0.2, 0.25) is 0 Å². The maximum Gasteiger partial charge on any atom is 0.263 e. The summed E-state index contributed by atoms with van der Waals surface area (Å²) in [6.45, 7) is 12.9. The van der Waals surface area contributed by atoms with Gasteiger partial charge in [-0.15, -0.1) is 0 Å². The molecule has 2 aliphatic rings. The first-order valence-electron chi connectivity index (χ1n) is 15.5. The lowest BCUT2D eigenvalue weighted by Crippen LogP contribution is -2.54. The summed E-state index contributed by atoms with van der Waals surface area (Å²) in [5.74, 6) is -1.12. The third-order valence-electron chi connectivity index (χ3n) is 8.99. The molecule has 45 heavy (non-hydrogen) atoms. The van der Waals surface area contributed by atoms with Crippen LogP contribution in [-0.2, 0) is 16.6 Å². The Morgan fingerprint density at radius 2 is 1.78 bits per heavy atom. The van der Waals surface area contributed by atoms with Crippen LogP contribution in [0.3, 0.4) is 0 Å². The zero-order valence-corrected chi connectivity index (χ0v) is 26.5. The van der Waals surface area contributed by atoms with Gasteiger partial charge in [0.15, 0.2) is 11.6 Å². The number of carbonyl (C=O) groups is 2. The second-order valence-corrected chi connectivity index (χ2v) is 13.3. The summed E-state index contributed by atoms with van der Waals surface area (Å²) in [5, 5.41) is 6.99. The summed E-state index contributed by atoms with van der Waals surface area (Å²) in [4.78, 5) is 52.4. The van der Waals surface area contributed by atoms with Crippen molar-refractivity contribution in [1.29, 1.82) is 0 Å². The molecule has 1 unspecified atom stereocenters.